The molecule has 6 aromatic rings. The Morgan fingerprint density at radius 2 is 1.36 bits per heavy atom. The van der Waals surface area contributed by atoms with Crippen molar-refractivity contribution in [2.24, 2.45) is 9.98 Å². The molecule has 1 aromatic heterocycles. The lowest BCUT2D eigenvalue weighted by Crippen LogP contribution is -2.18. The van der Waals surface area contributed by atoms with E-state index in [0.29, 0.717) is 0 Å². The van der Waals surface area contributed by atoms with E-state index in [1.165, 1.54) is 38.5 Å². The smallest absolute Gasteiger partial charge is 0.155 e. The fourth-order valence-corrected chi connectivity index (χ4v) is 6.87. The van der Waals surface area contributed by atoms with Gasteiger partial charge in [0, 0.05) is 22.0 Å². The van der Waals surface area contributed by atoms with Crippen LogP contribution in [0.3, 0.4) is 0 Å². The second-order valence-corrected chi connectivity index (χ2v) is 12.0. The molecular formula is C42H35N3. The van der Waals surface area contributed by atoms with Crippen LogP contribution in [0.15, 0.2) is 161 Å². The molecule has 0 radical (unpaired) electrons. The van der Waals surface area contributed by atoms with Crippen LogP contribution in [0.5, 0.6) is 0 Å². The normalized spacial score (nSPS) is 17.0. The number of hydrogen-bond acceptors (Lipinski definition) is 2. The molecule has 1 unspecified atom stereocenters. The number of amidine groups is 1. The lowest BCUT2D eigenvalue weighted by atomic mass is 9.92. The summed E-state index contributed by atoms with van der Waals surface area (Å²) in [4.78, 5) is 10.7. The molecule has 0 amide bonds. The molecule has 5 aromatic carbocycles. The number of aliphatic imine (C=N–C) groups is 2. The van der Waals surface area contributed by atoms with Crippen LogP contribution >= 0.6 is 0 Å². The minimum atomic E-state index is 0.179. The van der Waals surface area contributed by atoms with E-state index in [-0.39, 0.29) is 6.04 Å². The molecule has 2 heterocycles. The third-order valence-electron chi connectivity index (χ3n) is 9.13. The summed E-state index contributed by atoms with van der Waals surface area (Å²) in [6.45, 7) is 0. The zero-order chi connectivity index (χ0) is 30.0. The fourth-order valence-electron chi connectivity index (χ4n) is 6.87. The highest BCUT2D eigenvalue weighted by Gasteiger charge is 2.20. The lowest BCUT2D eigenvalue weighted by molar-refractivity contribution is 0.631. The minimum absolute atomic E-state index is 0.179. The van der Waals surface area contributed by atoms with Gasteiger partial charge in [0.1, 0.15) is 0 Å². The van der Waals surface area contributed by atoms with E-state index in [9.17, 15) is 0 Å². The van der Waals surface area contributed by atoms with Crippen LogP contribution < -0.4 is 0 Å². The summed E-state index contributed by atoms with van der Waals surface area (Å²) < 4.78 is 2.41. The molecule has 0 bridgehead atoms. The summed E-state index contributed by atoms with van der Waals surface area (Å²) in [5, 5.41) is 2.52. The topological polar surface area (TPSA) is 29.6 Å². The third-order valence-corrected chi connectivity index (χ3v) is 9.13. The van der Waals surface area contributed by atoms with Crippen molar-refractivity contribution < 1.29 is 0 Å². The Kier molecular flexibility index (Phi) is 7.28. The molecule has 0 spiro atoms. The zero-order valence-corrected chi connectivity index (χ0v) is 25.3. The van der Waals surface area contributed by atoms with E-state index in [1.807, 2.05) is 0 Å². The van der Waals surface area contributed by atoms with E-state index in [0.717, 1.165) is 60.5 Å². The second-order valence-electron chi connectivity index (χ2n) is 12.0. The average molecular weight is 582 g/mol. The van der Waals surface area contributed by atoms with Gasteiger partial charge in [-0.25, -0.2) is 4.99 Å². The second kappa shape index (κ2) is 12.0. The van der Waals surface area contributed by atoms with Gasteiger partial charge in [-0.2, -0.15) is 0 Å². The molecule has 3 heteroatoms. The van der Waals surface area contributed by atoms with E-state index in [1.54, 1.807) is 0 Å². The summed E-state index contributed by atoms with van der Waals surface area (Å²) in [6, 6.07) is 45.8. The third kappa shape index (κ3) is 5.36. The Balaban J connectivity index is 1.26. The first-order valence-corrected chi connectivity index (χ1v) is 16.1. The van der Waals surface area contributed by atoms with E-state index < -0.39 is 0 Å². The molecule has 1 aliphatic carbocycles. The summed E-state index contributed by atoms with van der Waals surface area (Å²) >= 11 is 0. The summed E-state index contributed by atoms with van der Waals surface area (Å²) in [5.74, 6) is 0.834. The number of para-hydroxylation sites is 1. The maximum absolute atomic E-state index is 5.33. The predicted octanol–water partition coefficient (Wildman–Crippen LogP) is 10.5. The van der Waals surface area contributed by atoms with Crippen LogP contribution in [-0.4, -0.2) is 22.2 Å². The number of fused-ring (bicyclic) bond motifs is 3. The summed E-state index contributed by atoms with van der Waals surface area (Å²) in [6.07, 6.45) is 11.9. The van der Waals surface area contributed by atoms with Gasteiger partial charge in [-0.05, 0) is 78.6 Å². The van der Waals surface area contributed by atoms with Gasteiger partial charge < -0.3 is 4.57 Å². The van der Waals surface area contributed by atoms with Crippen LogP contribution in [0, 0.1) is 0 Å². The number of benzene rings is 5. The van der Waals surface area contributed by atoms with Crippen LogP contribution in [0.1, 0.15) is 43.2 Å². The molecule has 0 fully saturated rings. The van der Waals surface area contributed by atoms with Gasteiger partial charge in [0.15, 0.2) is 5.84 Å². The first-order chi connectivity index (χ1) is 22.3. The van der Waals surface area contributed by atoms with Crippen LogP contribution in [0.2, 0.25) is 0 Å². The molecule has 0 N–H and O–H groups in total. The number of aromatic nitrogens is 1. The lowest BCUT2D eigenvalue weighted by Gasteiger charge is -2.22. The molecular weight excluding hydrogens is 546 g/mol. The monoisotopic (exact) mass is 581 g/mol. The van der Waals surface area contributed by atoms with Gasteiger partial charge in [0.05, 0.1) is 22.8 Å². The minimum Gasteiger partial charge on any atom is -0.309 e. The number of rotatable bonds is 5. The number of nitrogens with zero attached hydrogens (tertiary/aromatic N) is 3. The molecule has 2 aliphatic rings. The summed E-state index contributed by atoms with van der Waals surface area (Å²) in [5.41, 5.74) is 10.7. The summed E-state index contributed by atoms with van der Waals surface area (Å²) in [7, 11) is 0. The molecule has 218 valence electrons. The fraction of sp³-hybridized carbons (Fsp3) is 0.143. The van der Waals surface area contributed by atoms with E-state index >= 15 is 0 Å². The van der Waals surface area contributed by atoms with Crippen molar-refractivity contribution >= 4 is 33.4 Å². The first-order valence-electron chi connectivity index (χ1n) is 16.1. The molecule has 8 rings (SSSR count). The SMILES string of the molecule is C1=CCCC(C2CCCC(c3cccc(-n4c5ccccc5c5ccc(-c6ccccc6)cc54)c3)=NC(c3ccccc3)=N2)=C1. The highest BCUT2D eigenvalue weighted by molar-refractivity contribution is 6.13. The Morgan fingerprint density at radius 3 is 2.18 bits per heavy atom. The zero-order valence-electron chi connectivity index (χ0n) is 25.3. The van der Waals surface area contributed by atoms with Gasteiger partial charge >= 0.3 is 0 Å². The van der Waals surface area contributed by atoms with Gasteiger partial charge in [-0.15, -0.1) is 0 Å². The Morgan fingerprint density at radius 1 is 0.600 bits per heavy atom. The van der Waals surface area contributed by atoms with Crippen LogP contribution in [-0.2, 0) is 0 Å². The molecule has 0 saturated heterocycles. The van der Waals surface area contributed by atoms with Gasteiger partial charge in [-0.1, -0.05) is 121 Å². The van der Waals surface area contributed by atoms with Crippen molar-refractivity contribution in [3.8, 4) is 16.8 Å². The van der Waals surface area contributed by atoms with Crippen molar-refractivity contribution in [2.75, 3.05) is 0 Å². The van der Waals surface area contributed by atoms with Crippen molar-refractivity contribution in [1.29, 1.82) is 0 Å². The highest BCUT2D eigenvalue weighted by Crippen LogP contribution is 2.35. The predicted molar refractivity (Wildman–Crippen MR) is 190 cm³/mol. The standard InChI is InChI=1S/C42H35N3/c1-4-14-30(15-5-1)33-26-27-37-36-22-10-11-25-40(36)45(41(37)29-33)35-21-12-20-34(28-35)39-24-13-23-38(31-16-6-2-7-17-31)43-42(44-39)32-18-8-3-9-19-32/h1-6,8-12,14-16,18-22,25-29,38H,7,13,17,23-24H2. The maximum atomic E-state index is 5.33. The van der Waals surface area contributed by atoms with Gasteiger partial charge in [0.2, 0.25) is 0 Å². The van der Waals surface area contributed by atoms with Crippen LogP contribution in [0.4, 0.5) is 0 Å². The van der Waals surface area contributed by atoms with E-state index in [4.69, 9.17) is 9.98 Å². The Bertz CT molecular complexity index is 2130. The molecule has 0 saturated carbocycles. The van der Waals surface area contributed by atoms with Gasteiger partial charge in [-0.3, -0.25) is 4.99 Å². The average Bonchev–Trinajstić information content (AvgIpc) is 3.43. The van der Waals surface area contributed by atoms with Crippen molar-refractivity contribution in [2.45, 2.75) is 38.1 Å². The molecule has 3 nitrogen and oxygen atoms in total. The van der Waals surface area contributed by atoms with Crippen molar-refractivity contribution in [3.63, 3.8) is 0 Å². The molecule has 1 aliphatic heterocycles. The Labute approximate surface area is 264 Å². The van der Waals surface area contributed by atoms with Crippen molar-refractivity contribution in [3.05, 3.63) is 162 Å². The number of hydrogen-bond donors (Lipinski definition) is 0. The quantitative estimate of drug-likeness (QED) is 0.194. The molecule has 1 atom stereocenters. The molecule has 45 heavy (non-hydrogen) atoms. The van der Waals surface area contributed by atoms with E-state index in [2.05, 4.69) is 150 Å². The van der Waals surface area contributed by atoms with Crippen molar-refractivity contribution in [1.82, 2.24) is 4.57 Å². The largest absolute Gasteiger partial charge is 0.309 e. The number of allylic oxidation sites excluding steroid dienone is 3. The maximum Gasteiger partial charge on any atom is 0.155 e. The Hall–Kier alpha value is -5.28. The van der Waals surface area contributed by atoms with Crippen LogP contribution in [0.25, 0.3) is 38.6 Å². The van der Waals surface area contributed by atoms with Gasteiger partial charge in [0.25, 0.3) is 0 Å². The first kappa shape index (κ1) is 27.3. The highest BCUT2D eigenvalue weighted by atomic mass is 15.0.